The molecule has 0 aromatic heterocycles. The van der Waals surface area contributed by atoms with E-state index in [1.54, 1.807) is 0 Å². The molecule has 12 heavy (non-hydrogen) atoms. The molecule has 0 N–H and O–H groups in total. The average Bonchev–Trinajstić information content (AvgIpc) is 2.03. The molecule has 0 saturated carbocycles. The van der Waals surface area contributed by atoms with Crippen molar-refractivity contribution in [3.63, 3.8) is 0 Å². The minimum atomic E-state index is -0.158. The van der Waals surface area contributed by atoms with Crippen LogP contribution in [-0.2, 0) is 9.47 Å². The molecule has 0 aromatic carbocycles. The standard InChI is InChI=1S/C8H17O3.Na/c1-2-3-5-10-7-8-11-6-4-9;/h2-8H2,1H3;/q-1;+1. The van der Waals surface area contributed by atoms with Crippen LogP contribution in [0.15, 0.2) is 0 Å². The fourth-order valence-corrected chi connectivity index (χ4v) is 0.627. The maximum absolute atomic E-state index is 9.90. The van der Waals surface area contributed by atoms with Gasteiger partial charge < -0.3 is 14.6 Å². The van der Waals surface area contributed by atoms with Crippen molar-refractivity contribution in [2.24, 2.45) is 0 Å². The van der Waals surface area contributed by atoms with Crippen LogP contribution in [0.4, 0.5) is 0 Å². The molecule has 4 heteroatoms. The first-order valence-electron chi connectivity index (χ1n) is 4.15. The smallest absolute Gasteiger partial charge is 0.853 e. The fraction of sp³-hybridized carbons (Fsp3) is 1.00. The second kappa shape index (κ2) is 14.4. The summed E-state index contributed by atoms with van der Waals surface area (Å²) in [5, 5.41) is 9.90. The minimum Gasteiger partial charge on any atom is -0.853 e. The molecular formula is C8H17NaO3. The van der Waals surface area contributed by atoms with E-state index >= 15 is 0 Å². The van der Waals surface area contributed by atoms with Gasteiger partial charge in [-0.2, -0.15) is 0 Å². The Labute approximate surface area is 96.7 Å². The summed E-state index contributed by atoms with van der Waals surface area (Å²) in [6, 6.07) is 0. The predicted octanol–water partition coefficient (Wildman–Crippen LogP) is -2.82. The van der Waals surface area contributed by atoms with Crippen LogP contribution < -0.4 is 34.7 Å². The van der Waals surface area contributed by atoms with Gasteiger partial charge in [0, 0.05) is 13.2 Å². The first kappa shape index (κ1) is 15.4. The summed E-state index contributed by atoms with van der Waals surface area (Å²) in [6.45, 7) is 4.23. The summed E-state index contributed by atoms with van der Waals surface area (Å²) in [5.74, 6) is 0. The first-order chi connectivity index (χ1) is 5.41. The number of hydrogen-bond donors (Lipinski definition) is 0. The van der Waals surface area contributed by atoms with Crippen molar-refractivity contribution >= 4 is 0 Å². The van der Waals surface area contributed by atoms with Crippen LogP contribution in [-0.4, -0.2) is 33.0 Å². The summed E-state index contributed by atoms with van der Waals surface area (Å²) in [7, 11) is 0. The summed E-state index contributed by atoms with van der Waals surface area (Å²) >= 11 is 0. The van der Waals surface area contributed by atoms with E-state index in [2.05, 4.69) is 6.92 Å². The molecule has 3 nitrogen and oxygen atoms in total. The molecule has 0 radical (unpaired) electrons. The zero-order chi connectivity index (χ0) is 8.36. The quantitative estimate of drug-likeness (QED) is 0.302. The van der Waals surface area contributed by atoms with E-state index in [9.17, 15) is 5.11 Å². The van der Waals surface area contributed by atoms with Crippen LogP contribution in [0.1, 0.15) is 19.8 Å². The first-order valence-corrected chi connectivity index (χ1v) is 4.15. The van der Waals surface area contributed by atoms with Gasteiger partial charge in [0.2, 0.25) is 0 Å². The Morgan fingerprint density at radius 2 is 1.58 bits per heavy atom. The Morgan fingerprint density at radius 1 is 1.00 bits per heavy atom. The van der Waals surface area contributed by atoms with Crippen LogP contribution in [0, 0.1) is 0 Å². The molecule has 0 aliphatic rings. The third kappa shape index (κ3) is 13.5. The molecule has 0 fully saturated rings. The van der Waals surface area contributed by atoms with Gasteiger partial charge in [0.25, 0.3) is 0 Å². The summed E-state index contributed by atoms with van der Waals surface area (Å²) in [6.07, 6.45) is 2.25. The molecule has 68 valence electrons. The van der Waals surface area contributed by atoms with Gasteiger partial charge in [-0.05, 0) is 6.42 Å². The molecule has 0 rings (SSSR count). The van der Waals surface area contributed by atoms with E-state index in [1.807, 2.05) is 0 Å². The maximum atomic E-state index is 9.90. The zero-order valence-corrected chi connectivity index (χ0v) is 10.2. The Hall–Kier alpha value is 0.880. The normalized spacial score (nSPS) is 9.50. The molecule has 0 saturated heterocycles. The van der Waals surface area contributed by atoms with Crippen molar-refractivity contribution < 1.29 is 44.1 Å². The third-order valence-corrected chi connectivity index (χ3v) is 1.24. The van der Waals surface area contributed by atoms with Gasteiger partial charge in [-0.15, -0.1) is 6.61 Å². The molecule has 0 heterocycles. The van der Waals surface area contributed by atoms with Crippen molar-refractivity contribution in [3.05, 3.63) is 0 Å². The average molecular weight is 184 g/mol. The number of ether oxygens (including phenoxy) is 2. The molecule has 0 aromatic rings. The molecule has 0 atom stereocenters. The molecule has 0 spiro atoms. The number of hydrogen-bond acceptors (Lipinski definition) is 3. The maximum Gasteiger partial charge on any atom is 1.00 e. The van der Waals surface area contributed by atoms with Gasteiger partial charge >= 0.3 is 29.6 Å². The monoisotopic (exact) mass is 184 g/mol. The molecule has 0 amide bonds. The van der Waals surface area contributed by atoms with E-state index in [0.717, 1.165) is 19.4 Å². The van der Waals surface area contributed by atoms with Gasteiger partial charge in [0.15, 0.2) is 0 Å². The Morgan fingerprint density at radius 3 is 2.08 bits per heavy atom. The van der Waals surface area contributed by atoms with E-state index in [-0.39, 0.29) is 36.2 Å². The van der Waals surface area contributed by atoms with Gasteiger partial charge in [-0.25, -0.2) is 0 Å². The van der Waals surface area contributed by atoms with Crippen LogP contribution >= 0.6 is 0 Å². The largest absolute Gasteiger partial charge is 1.00 e. The summed E-state index contributed by atoms with van der Waals surface area (Å²) in [4.78, 5) is 0. The van der Waals surface area contributed by atoms with E-state index in [4.69, 9.17) is 9.47 Å². The molecular weight excluding hydrogens is 167 g/mol. The third-order valence-electron chi connectivity index (χ3n) is 1.24. The number of unbranched alkanes of at least 4 members (excludes halogenated alkanes) is 1. The fourth-order valence-electron chi connectivity index (χ4n) is 0.627. The van der Waals surface area contributed by atoms with Crippen LogP contribution in [0.25, 0.3) is 0 Å². The van der Waals surface area contributed by atoms with Crippen molar-refractivity contribution in [2.45, 2.75) is 19.8 Å². The predicted molar refractivity (Wildman–Crippen MR) is 41.4 cm³/mol. The van der Waals surface area contributed by atoms with Crippen LogP contribution in [0.2, 0.25) is 0 Å². The van der Waals surface area contributed by atoms with Gasteiger partial charge in [0.1, 0.15) is 0 Å². The molecule has 0 bridgehead atoms. The second-order valence-electron chi connectivity index (χ2n) is 2.28. The Bertz CT molecular complexity index is 63.3. The van der Waals surface area contributed by atoms with Gasteiger partial charge in [-0.3, -0.25) is 0 Å². The minimum absolute atomic E-state index is 0. The van der Waals surface area contributed by atoms with E-state index in [1.165, 1.54) is 0 Å². The van der Waals surface area contributed by atoms with Gasteiger partial charge in [0.05, 0.1) is 13.2 Å². The SMILES string of the molecule is CCCCOCCOCC[O-].[Na+]. The number of rotatable bonds is 8. The van der Waals surface area contributed by atoms with Crippen LogP contribution in [0.3, 0.4) is 0 Å². The zero-order valence-electron chi connectivity index (χ0n) is 8.17. The van der Waals surface area contributed by atoms with Gasteiger partial charge in [-0.1, -0.05) is 13.3 Å². The summed E-state index contributed by atoms with van der Waals surface area (Å²) < 4.78 is 10.1. The summed E-state index contributed by atoms with van der Waals surface area (Å²) in [5.41, 5.74) is 0. The molecule has 0 aliphatic carbocycles. The van der Waals surface area contributed by atoms with Crippen molar-refractivity contribution in [1.82, 2.24) is 0 Å². The van der Waals surface area contributed by atoms with Crippen LogP contribution in [0.5, 0.6) is 0 Å². The van der Waals surface area contributed by atoms with Crippen molar-refractivity contribution in [2.75, 3.05) is 33.0 Å². The van der Waals surface area contributed by atoms with Crippen molar-refractivity contribution in [1.29, 1.82) is 0 Å². The Kier molecular flexibility index (Phi) is 18.4. The molecule has 0 aliphatic heterocycles. The second-order valence-corrected chi connectivity index (χ2v) is 2.28. The molecule has 0 unspecified atom stereocenters. The topological polar surface area (TPSA) is 41.5 Å². The van der Waals surface area contributed by atoms with E-state index in [0.29, 0.717) is 19.8 Å². The van der Waals surface area contributed by atoms with Crippen molar-refractivity contribution in [3.8, 4) is 0 Å². The van der Waals surface area contributed by atoms with E-state index < -0.39 is 0 Å². The Balaban J connectivity index is 0.